The summed E-state index contributed by atoms with van der Waals surface area (Å²) in [7, 11) is -12.3. The van der Waals surface area contributed by atoms with Gasteiger partial charge in [0.15, 0.2) is 0 Å². The molecule has 0 saturated heterocycles. The van der Waals surface area contributed by atoms with Crippen LogP contribution in [0.4, 0.5) is 0 Å². The molecule has 14 heteroatoms. The van der Waals surface area contributed by atoms with Crippen LogP contribution in [0.1, 0.15) is 230 Å². The summed E-state index contributed by atoms with van der Waals surface area (Å²) in [5.74, 6) is 0. The Morgan fingerprint density at radius 2 is 0.456 bits per heavy atom. The Morgan fingerprint density at radius 1 is 0.294 bits per heavy atom. The van der Waals surface area contributed by atoms with E-state index in [1.165, 1.54) is 172 Å². The van der Waals surface area contributed by atoms with Crippen molar-refractivity contribution in [3.05, 3.63) is 89.5 Å². The van der Waals surface area contributed by atoms with Crippen LogP contribution in [0.15, 0.2) is 87.5 Å². The fourth-order valence-electron chi connectivity index (χ4n) is 8.29. The van der Waals surface area contributed by atoms with Crippen LogP contribution in [0, 0.1) is 0 Å². The number of rotatable bonds is 36. The normalized spacial score (nSPS) is 11.4. The van der Waals surface area contributed by atoms with E-state index in [2.05, 4.69) is 20.8 Å². The molecule has 10 nitrogen and oxygen atoms in total. The summed E-state index contributed by atoms with van der Waals surface area (Å²) in [5, 5.41) is 0. The van der Waals surface area contributed by atoms with Crippen molar-refractivity contribution < 1.29 is 66.1 Å². The molecule has 0 fully saturated rings. The molecule has 5 N–H and O–H groups in total. The van der Waals surface area contributed by atoms with Gasteiger partial charge in [-0.05, 0) is 73.4 Å². The van der Waals surface area contributed by atoms with E-state index in [0.29, 0.717) is 19.3 Å². The number of aryl methyl sites for hydroxylation is 3. The smallest absolute Gasteiger partial charge is 0.294 e. The van der Waals surface area contributed by atoms with Gasteiger partial charge in [-0.1, -0.05) is 249 Å². The summed E-state index contributed by atoms with van der Waals surface area (Å²) in [4.78, 5) is 0.183. The Bertz CT molecular complexity index is 1760. The molecule has 0 spiro atoms. The van der Waals surface area contributed by atoms with Gasteiger partial charge in [0.25, 0.3) is 30.4 Å². The van der Waals surface area contributed by atoms with Gasteiger partial charge in [-0.15, -0.1) is 0 Å². The molecule has 0 bridgehead atoms. The maximum Gasteiger partial charge on any atom is 0.294 e. The molecule has 0 saturated carbocycles. The minimum absolute atomic E-state index is 0. The van der Waals surface area contributed by atoms with Gasteiger partial charge in [-0.3, -0.25) is 13.7 Å². The van der Waals surface area contributed by atoms with Crippen molar-refractivity contribution in [2.24, 2.45) is 0 Å². The van der Waals surface area contributed by atoms with E-state index in [4.69, 9.17) is 0 Å². The molecule has 0 atom stereocenters. The minimum Gasteiger partial charge on any atom is -0.412 e. The predicted octanol–water partition coefficient (Wildman–Crippen LogP) is 15.4. The molecule has 0 aliphatic heterocycles. The zero-order valence-corrected chi connectivity index (χ0v) is 46.3. The van der Waals surface area contributed by atoms with Crippen molar-refractivity contribution in [1.29, 1.82) is 0 Å². The number of hydrogen-bond acceptors (Lipinski definition) is 6. The molecule has 390 valence electrons. The average Bonchev–Trinajstić information content (AvgIpc) is 3.28. The van der Waals surface area contributed by atoms with Crippen LogP contribution in [0.3, 0.4) is 0 Å². The minimum atomic E-state index is -4.10. The molecule has 0 unspecified atom stereocenters. The van der Waals surface area contributed by atoms with Gasteiger partial charge in [0.1, 0.15) is 0 Å². The van der Waals surface area contributed by atoms with Crippen LogP contribution in [-0.4, -0.2) is 44.4 Å². The van der Waals surface area contributed by atoms with Gasteiger partial charge in [0, 0.05) is 21.7 Å². The molecule has 3 aromatic rings. The Labute approximate surface area is 430 Å². The second kappa shape index (κ2) is 42.7. The summed E-state index contributed by atoms with van der Waals surface area (Å²) < 4.78 is 95.4. The SMILES string of the molecule is CCCCCCCCCCCCc1ccccc1S(=O)(=O)O.CCCCCCCCCCCCc1ccccc1S(=O)(=O)O.CCCCCCCCCCCCc1ccccc1S(=O)(=O)O.O.[Ti]. The number of hydrogen-bond donors (Lipinski definition) is 3. The third-order valence-corrected chi connectivity index (χ3v) is 15.0. The first kappa shape index (κ1) is 68.1. The van der Waals surface area contributed by atoms with Crippen molar-refractivity contribution in [2.75, 3.05) is 0 Å². The van der Waals surface area contributed by atoms with Gasteiger partial charge in [-0.2, -0.15) is 25.3 Å². The van der Waals surface area contributed by atoms with Crippen LogP contribution < -0.4 is 0 Å². The third kappa shape index (κ3) is 35.2. The monoisotopic (exact) mass is 1040 g/mol. The largest absolute Gasteiger partial charge is 0.412 e. The van der Waals surface area contributed by atoms with E-state index in [-0.39, 0.29) is 41.9 Å². The Morgan fingerprint density at radius 3 is 0.632 bits per heavy atom. The van der Waals surface area contributed by atoms with Gasteiger partial charge in [0.2, 0.25) is 0 Å². The Hall–Kier alpha value is -1.94. The topological polar surface area (TPSA) is 195 Å². The summed E-state index contributed by atoms with van der Waals surface area (Å²) in [6.45, 7) is 6.71. The molecule has 0 aromatic heterocycles. The summed E-state index contributed by atoms with van der Waals surface area (Å²) in [5.41, 5.74) is 2.18. The molecular formula is C54H92O10S3Ti. The summed E-state index contributed by atoms with van der Waals surface area (Å²) in [6.07, 6.45) is 39.9. The number of benzene rings is 3. The van der Waals surface area contributed by atoms with Crippen LogP contribution in [0.5, 0.6) is 0 Å². The van der Waals surface area contributed by atoms with Gasteiger partial charge >= 0.3 is 0 Å². The zero-order chi connectivity index (χ0) is 48.8. The van der Waals surface area contributed by atoms with Crippen molar-refractivity contribution in [3.8, 4) is 0 Å². The first-order chi connectivity index (χ1) is 31.7. The molecule has 0 heterocycles. The van der Waals surface area contributed by atoms with E-state index >= 15 is 0 Å². The fourth-order valence-corrected chi connectivity index (χ4v) is 10.6. The van der Waals surface area contributed by atoms with E-state index < -0.39 is 30.4 Å². The molecule has 68 heavy (non-hydrogen) atoms. The number of unbranched alkanes of at least 4 members (excludes halogenated alkanes) is 27. The maximum atomic E-state index is 11.3. The molecule has 0 aliphatic carbocycles. The standard InChI is InChI=1S/3C18H30O3S.H2O.Ti/c3*1-2-3-4-5-6-7-8-9-10-11-14-17-15-12-13-16-18(17)22(19,20)21;;/h3*12-13,15-16H,2-11,14H2,1H3,(H,19,20,21);1H2;. The molecule has 3 aromatic carbocycles. The maximum absolute atomic E-state index is 11.3. The molecule has 0 aliphatic rings. The quantitative estimate of drug-likeness (QED) is 0.0288. The summed E-state index contributed by atoms with van der Waals surface area (Å²) >= 11 is 0. The van der Waals surface area contributed by atoms with Crippen molar-refractivity contribution in [1.82, 2.24) is 0 Å². The molecule has 3 rings (SSSR count). The Balaban J connectivity index is 0. The van der Waals surface area contributed by atoms with E-state index in [1.807, 2.05) is 18.2 Å². The first-order valence-corrected chi connectivity index (χ1v) is 30.1. The Kier molecular flexibility index (Phi) is 42.8. The van der Waals surface area contributed by atoms with Crippen LogP contribution in [0.25, 0.3) is 0 Å². The van der Waals surface area contributed by atoms with E-state index in [0.717, 1.165) is 55.2 Å². The van der Waals surface area contributed by atoms with Crippen LogP contribution in [0.2, 0.25) is 0 Å². The van der Waals surface area contributed by atoms with E-state index in [9.17, 15) is 38.9 Å². The van der Waals surface area contributed by atoms with Gasteiger partial charge in [-0.25, -0.2) is 0 Å². The van der Waals surface area contributed by atoms with E-state index in [1.54, 1.807) is 36.4 Å². The fraction of sp³-hybridized carbons (Fsp3) is 0.667. The van der Waals surface area contributed by atoms with Crippen molar-refractivity contribution in [2.45, 2.75) is 247 Å². The molecular weight excluding hydrogens is 953 g/mol. The predicted molar refractivity (Wildman–Crippen MR) is 279 cm³/mol. The average molecular weight is 1050 g/mol. The van der Waals surface area contributed by atoms with Crippen molar-refractivity contribution in [3.63, 3.8) is 0 Å². The van der Waals surface area contributed by atoms with Gasteiger partial charge < -0.3 is 5.48 Å². The molecule has 0 radical (unpaired) electrons. The van der Waals surface area contributed by atoms with Crippen molar-refractivity contribution >= 4 is 30.4 Å². The second-order valence-electron chi connectivity index (χ2n) is 18.0. The molecule has 0 amide bonds. The van der Waals surface area contributed by atoms with Crippen LogP contribution in [-0.2, 0) is 71.3 Å². The van der Waals surface area contributed by atoms with Gasteiger partial charge in [0.05, 0.1) is 14.7 Å². The third-order valence-electron chi connectivity index (χ3n) is 12.2. The second-order valence-corrected chi connectivity index (χ2v) is 22.2. The zero-order valence-electron chi connectivity index (χ0n) is 42.3. The summed E-state index contributed by atoms with van der Waals surface area (Å²) in [6, 6.07) is 20.2. The first-order valence-electron chi connectivity index (χ1n) is 25.8. The van der Waals surface area contributed by atoms with Crippen LogP contribution >= 0.6 is 0 Å².